The summed E-state index contributed by atoms with van der Waals surface area (Å²) < 4.78 is 6.67. The Morgan fingerprint density at radius 2 is 1.81 bits per heavy atom. The second-order valence-corrected chi connectivity index (χ2v) is 9.08. The van der Waals surface area contributed by atoms with Gasteiger partial charge in [-0.05, 0) is 68.3 Å². The first-order valence-corrected chi connectivity index (χ1v) is 11.3. The number of thiazole rings is 1. The van der Waals surface area contributed by atoms with Gasteiger partial charge in [-0.2, -0.15) is 0 Å². The molecule has 0 fully saturated rings. The predicted molar refractivity (Wildman–Crippen MR) is 129 cm³/mol. The Labute approximate surface area is 191 Å². The van der Waals surface area contributed by atoms with Gasteiger partial charge in [-0.1, -0.05) is 53.3 Å². The van der Waals surface area contributed by atoms with Crippen molar-refractivity contribution in [2.75, 3.05) is 4.90 Å². The monoisotopic (exact) mass is 450 g/mol. The summed E-state index contributed by atoms with van der Waals surface area (Å²) in [6.07, 6.45) is 0.0777. The molecule has 0 N–H and O–H groups in total. The highest BCUT2D eigenvalue weighted by Gasteiger charge is 2.22. The van der Waals surface area contributed by atoms with Crippen LogP contribution in [0.4, 0.5) is 5.13 Å². The fourth-order valence-corrected chi connectivity index (χ4v) is 4.77. The third-order valence-corrected chi connectivity index (χ3v) is 6.02. The van der Waals surface area contributed by atoms with Crippen LogP contribution in [0.15, 0.2) is 66.7 Å². The van der Waals surface area contributed by atoms with Crippen LogP contribution in [-0.2, 0) is 6.54 Å². The number of aromatic nitrogens is 1. The van der Waals surface area contributed by atoms with Crippen LogP contribution in [0.25, 0.3) is 10.2 Å². The number of hydrogen-bond donors (Lipinski definition) is 0. The van der Waals surface area contributed by atoms with E-state index in [9.17, 15) is 4.79 Å². The fourth-order valence-electron chi connectivity index (χ4n) is 3.35. The number of anilines is 1. The molecule has 6 heteroatoms. The Bertz CT molecular complexity index is 1200. The average molecular weight is 451 g/mol. The van der Waals surface area contributed by atoms with Gasteiger partial charge in [-0.15, -0.1) is 0 Å². The van der Waals surface area contributed by atoms with E-state index in [-0.39, 0.29) is 12.0 Å². The second-order valence-electron chi connectivity index (χ2n) is 7.63. The lowest BCUT2D eigenvalue weighted by Crippen LogP contribution is -2.30. The third-order valence-electron chi connectivity index (χ3n) is 4.77. The summed E-state index contributed by atoms with van der Waals surface area (Å²) in [5, 5.41) is 1.32. The standard InChI is InChI=1S/C25H23ClN2O2S/c1-16(2)30-21-11-9-19(10-12-21)24(29)28(15-18-7-5-4-6-8-18)25-27-23-17(3)13-20(26)14-22(23)31-25/h4-14,16H,15H2,1-3H3. The number of aryl methyl sites for hydroxylation is 1. The van der Waals surface area contributed by atoms with Gasteiger partial charge in [0.2, 0.25) is 0 Å². The van der Waals surface area contributed by atoms with Gasteiger partial charge in [0.15, 0.2) is 5.13 Å². The SMILES string of the molecule is Cc1cc(Cl)cc2sc(N(Cc3ccccc3)C(=O)c3ccc(OC(C)C)cc3)nc12. The Morgan fingerprint density at radius 1 is 1.10 bits per heavy atom. The summed E-state index contributed by atoms with van der Waals surface area (Å²) in [6.45, 7) is 6.36. The zero-order chi connectivity index (χ0) is 22.0. The first-order chi connectivity index (χ1) is 14.9. The number of carbonyl (C=O) groups excluding carboxylic acids is 1. The number of hydrogen-bond acceptors (Lipinski definition) is 4. The molecule has 0 spiro atoms. The Morgan fingerprint density at radius 3 is 2.48 bits per heavy atom. The van der Waals surface area contributed by atoms with Gasteiger partial charge in [-0.25, -0.2) is 4.98 Å². The van der Waals surface area contributed by atoms with E-state index in [4.69, 9.17) is 21.3 Å². The molecule has 3 aromatic carbocycles. The number of nitrogens with zero attached hydrogens (tertiary/aromatic N) is 2. The zero-order valence-electron chi connectivity index (χ0n) is 17.6. The molecule has 4 rings (SSSR count). The maximum Gasteiger partial charge on any atom is 0.260 e. The fraction of sp³-hybridized carbons (Fsp3) is 0.200. The molecule has 4 nitrogen and oxygen atoms in total. The summed E-state index contributed by atoms with van der Waals surface area (Å²) in [5.41, 5.74) is 3.48. The Kier molecular flexibility index (Phi) is 6.25. The number of benzene rings is 3. The van der Waals surface area contributed by atoms with Crippen LogP contribution < -0.4 is 9.64 Å². The summed E-state index contributed by atoms with van der Waals surface area (Å²) in [4.78, 5) is 20.1. The molecule has 0 aliphatic carbocycles. The van der Waals surface area contributed by atoms with E-state index in [2.05, 4.69) is 0 Å². The Balaban J connectivity index is 1.72. The van der Waals surface area contributed by atoms with Crippen molar-refractivity contribution in [3.8, 4) is 5.75 Å². The number of fused-ring (bicyclic) bond motifs is 1. The number of ether oxygens (including phenoxy) is 1. The zero-order valence-corrected chi connectivity index (χ0v) is 19.2. The van der Waals surface area contributed by atoms with E-state index >= 15 is 0 Å². The highest BCUT2D eigenvalue weighted by molar-refractivity contribution is 7.22. The molecule has 0 bridgehead atoms. The van der Waals surface area contributed by atoms with Gasteiger partial charge in [0.05, 0.1) is 22.9 Å². The van der Waals surface area contributed by atoms with Gasteiger partial charge in [0.1, 0.15) is 5.75 Å². The predicted octanol–water partition coefficient (Wildman–Crippen LogP) is 6.89. The van der Waals surface area contributed by atoms with Crippen LogP contribution in [0.2, 0.25) is 5.02 Å². The van der Waals surface area contributed by atoms with E-state index in [0.29, 0.717) is 22.3 Å². The van der Waals surface area contributed by atoms with E-state index in [0.717, 1.165) is 27.1 Å². The topological polar surface area (TPSA) is 42.4 Å². The molecular formula is C25H23ClN2O2S. The van der Waals surface area contributed by atoms with Gasteiger partial charge >= 0.3 is 0 Å². The molecule has 0 aliphatic heterocycles. The van der Waals surface area contributed by atoms with Gasteiger partial charge in [-0.3, -0.25) is 9.69 Å². The number of halogens is 1. The smallest absolute Gasteiger partial charge is 0.260 e. The van der Waals surface area contributed by atoms with Crippen LogP contribution in [0, 0.1) is 6.92 Å². The summed E-state index contributed by atoms with van der Waals surface area (Å²) in [7, 11) is 0. The van der Waals surface area contributed by atoms with Gasteiger partial charge in [0.25, 0.3) is 5.91 Å². The quantitative estimate of drug-likeness (QED) is 0.321. The van der Waals surface area contributed by atoms with Crippen molar-refractivity contribution in [3.05, 3.63) is 88.4 Å². The minimum Gasteiger partial charge on any atom is -0.491 e. The number of rotatable bonds is 6. The van der Waals surface area contributed by atoms with Crippen LogP contribution >= 0.6 is 22.9 Å². The molecule has 31 heavy (non-hydrogen) atoms. The number of carbonyl (C=O) groups is 1. The molecule has 0 atom stereocenters. The van der Waals surface area contributed by atoms with Crippen molar-refractivity contribution in [3.63, 3.8) is 0 Å². The minimum absolute atomic E-state index is 0.0777. The highest BCUT2D eigenvalue weighted by atomic mass is 35.5. The van der Waals surface area contributed by atoms with E-state index < -0.39 is 0 Å². The molecule has 0 saturated heterocycles. The highest BCUT2D eigenvalue weighted by Crippen LogP contribution is 2.34. The normalized spacial score (nSPS) is 11.1. The molecule has 0 unspecified atom stereocenters. The largest absolute Gasteiger partial charge is 0.491 e. The lowest BCUT2D eigenvalue weighted by atomic mass is 10.1. The van der Waals surface area contributed by atoms with Gasteiger partial charge in [0, 0.05) is 10.6 Å². The molecule has 1 aromatic heterocycles. The molecule has 0 radical (unpaired) electrons. The van der Waals surface area contributed by atoms with E-state index in [1.807, 2.05) is 75.4 Å². The summed E-state index contributed by atoms with van der Waals surface area (Å²) in [6, 6.07) is 21.0. The molecule has 1 amide bonds. The minimum atomic E-state index is -0.109. The van der Waals surface area contributed by atoms with E-state index in [1.54, 1.807) is 17.0 Å². The molecule has 1 heterocycles. The first-order valence-electron chi connectivity index (χ1n) is 10.1. The second kappa shape index (κ2) is 9.08. The molecule has 158 valence electrons. The molecule has 0 aliphatic rings. The molecule has 4 aromatic rings. The van der Waals surface area contributed by atoms with Crippen molar-refractivity contribution in [2.45, 2.75) is 33.4 Å². The summed E-state index contributed by atoms with van der Waals surface area (Å²) in [5.74, 6) is 0.633. The van der Waals surface area contributed by atoms with Crippen LogP contribution in [0.1, 0.15) is 35.3 Å². The van der Waals surface area contributed by atoms with Crippen molar-refractivity contribution < 1.29 is 9.53 Å². The maximum absolute atomic E-state index is 13.5. The van der Waals surface area contributed by atoms with Crippen molar-refractivity contribution in [2.24, 2.45) is 0 Å². The van der Waals surface area contributed by atoms with Crippen LogP contribution in [-0.4, -0.2) is 17.0 Å². The third kappa shape index (κ3) is 4.89. The average Bonchev–Trinajstić information content (AvgIpc) is 3.16. The maximum atomic E-state index is 13.5. The van der Waals surface area contributed by atoms with Gasteiger partial charge < -0.3 is 4.74 Å². The Hall–Kier alpha value is -2.89. The lowest BCUT2D eigenvalue weighted by molar-refractivity contribution is 0.0985. The van der Waals surface area contributed by atoms with Crippen molar-refractivity contribution >= 4 is 44.2 Å². The molecular weight excluding hydrogens is 428 g/mol. The lowest BCUT2D eigenvalue weighted by Gasteiger charge is -2.20. The molecule has 0 saturated carbocycles. The van der Waals surface area contributed by atoms with Crippen LogP contribution in [0.3, 0.4) is 0 Å². The van der Waals surface area contributed by atoms with Crippen molar-refractivity contribution in [1.29, 1.82) is 0 Å². The van der Waals surface area contributed by atoms with Crippen molar-refractivity contribution in [1.82, 2.24) is 4.98 Å². The summed E-state index contributed by atoms with van der Waals surface area (Å²) >= 11 is 7.71. The first kappa shape index (κ1) is 21.3. The van der Waals surface area contributed by atoms with Crippen LogP contribution in [0.5, 0.6) is 5.75 Å². The van der Waals surface area contributed by atoms with E-state index in [1.165, 1.54) is 11.3 Å². The number of amides is 1.